The molecule has 2 aromatic carbocycles. The number of nitrogens with zero attached hydrogens (tertiary/aromatic N) is 4. The largest absolute Gasteiger partial charge is 0.485 e. The third-order valence-corrected chi connectivity index (χ3v) is 7.28. The van der Waals surface area contributed by atoms with Gasteiger partial charge in [0.25, 0.3) is 0 Å². The lowest BCUT2D eigenvalue weighted by Gasteiger charge is -2.26. The van der Waals surface area contributed by atoms with Gasteiger partial charge in [-0.1, -0.05) is 73.8 Å². The Balaban J connectivity index is 1.50. The summed E-state index contributed by atoms with van der Waals surface area (Å²) >= 11 is 1.31. The number of benzene rings is 2. The zero-order valence-corrected chi connectivity index (χ0v) is 21.1. The number of thioether (sulfide) groups is 1. The molecule has 3 aromatic rings. The molecule has 182 valence electrons. The number of hydrogen-bond donors (Lipinski definition) is 1. The minimum absolute atomic E-state index is 0.158. The van der Waals surface area contributed by atoms with E-state index in [-0.39, 0.29) is 18.3 Å². The van der Waals surface area contributed by atoms with Gasteiger partial charge in [-0.25, -0.2) is 0 Å². The molecule has 0 spiro atoms. The zero-order valence-electron chi connectivity index (χ0n) is 20.3. The lowest BCUT2D eigenvalue weighted by molar-refractivity contribution is -0.120. The molecule has 0 radical (unpaired) electrons. The van der Waals surface area contributed by atoms with Crippen molar-refractivity contribution in [3.05, 3.63) is 65.5 Å². The highest BCUT2D eigenvalue weighted by atomic mass is 32.2. The highest BCUT2D eigenvalue weighted by molar-refractivity contribution is 7.99. The number of ether oxygens (including phenoxy) is 1. The molecule has 0 unspecified atom stereocenters. The molecule has 35 heavy (non-hydrogen) atoms. The van der Waals surface area contributed by atoms with Crippen LogP contribution in [0.15, 0.2) is 53.7 Å². The Morgan fingerprint density at radius 2 is 1.74 bits per heavy atom. The molecule has 8 heteroatoms. The van der Waals surface area contributed by atoms with Crippen LogP contribution in [0.2, 0.25) is 0 Å². The summed E-state index contributed by atoms with van der Waals surface area (Å²) in [5.74, 6) is 1.49. The van der Waals surface area contributed by atoms with Gasteiger partial charge in [-0.05, 0) is 49.9 Å². The van der Waals surface area contributed by atoms with Crippen LogP contribution in [-0.4, -0.2) is 32.0 Å². The molecule has 0 bridgehead atoms. The molecule has 4 rings (SSSR count). The van der Waals surface area contributed by atoms with Crippen molar-refractivity contribution in [3.63, 3.8) is 0 Å². The van der Waals surface area contributed by atoms with E-state index in [1.807, 2.05) is 66.9 Å². The number of carbonyl (C=O) groups is 1. The molecular weight excluding hydrogens is 458 g/mol. The average Bonchev–Trinajstić information content (AvgIpc) is 3.12. The van der Waals surface area contributed by atoms with Crippen LogP contribution in [0.1, 0.15) is 55.5 Å². The van der Waals surface area contributed by atoms with Crippen molar-refractivity contribution >= 4 is 17.7 Å². The van der Waals surface area contributed by atoms with Gasteiger partial charge in [-0.2, -0.15) is 5.26 Å². The van der Waals surface area contributed by atoms with Gasteiger partial charge in [0.15, 0.2) is 11.0 Å². The number of amides is 1. The summed E-state index contributed by atoms with van der Waals surface area (Å²) in [5, 5.41) is 22.2. The van der Waals surface area contributed by atoms with Crippen LogP contribution in [-0.2, 0) is 11.4 Å². The highest BCUT2D eigenvalue weighted by Crippen LogP contribution is 2.28. The number of rotatable bonds is 8. The Hall–Kier alpha value is -3.31. The summed E-state index contributed by atoms with van der Waals surface area (Å²) in [5.41, 5.74) is 2.27. The second-order valence-electron chi connectivity index (χ2n) is 9.02. The van der Waals surface area contributed by atoms with Gasteiger partial charge in [-0.3, -0.25) is 9.36 Å². The van der Waals surface area contributed by atoms with E-state index in [9.17, 15) is 10.1 Å². The average molecular weight is 490 g/mol. The molecule has 7 nitrogen and oxygen atoms in total. The van der Waals surface area contributed by atoms with Gasteiger partial charge in [0.1, 0.15) is 17.9 Å². The fourth-order valence-electron chi connectivity index (χ4n) is 4.52. The van der Waals surface area contributed by atoms with E-state index in [0.717, 1.165) is 48.2 Å². The summed E-state index contributed by atoms with van der Waals surface area (Å²) < 4.78 is 8.07. The topological polar surface area (TPSA) is 92.8 Å². The summed E-state index contributed by atoms with van der Waals surface area (Å²) in [6.45, 7) is 4.29. The van der Waals surface area contributed by atoms with Crippen LogP contribution in [0.3, 0.4) is 0 Å². The molecule has 1 aromatic heterocycles. The lowest BCUT2D eigenvalue weighted by atomic mass is 9.92. The van der Waals surface area contributed by atoms with Crippen molar-refractivity contribution < 1.29 is 9.53 Å². The van der Waals surface area contributed by atoms with Gasteiger partial charge >= 0.3 is 0 Å². The first-order chi connectivity index (χ1) is 17.0. The fraction of sp³-hybridized carbons (Fsp3) is 0.407. The number of hydrogen-bond acceptors (Lipinski definition) is 6. The van der Waals surface area contributed by atoms with Gasteiger partial charge in [-0.15, -0.1) is 10.2 Å². The molecule has 0 saturated heterocycles. The van der Waals surface area contributed by atoms with Crippen LogP contribution in [0.25, 0.3) is 5.69 Å². The van der Waals surface area contributed by atoms with Crippen molar-refractivity contribution in [2.45, 2.75) is 69.7 Å². The second kappa shape index (κ2) is 11.4. The van der Waals surface area contributed by atoms with Crippen LogP contribution in [0.4, 0.5) is 0 Å². The van der Waals surface area contributed by atoms with Crippen molar-refractivity contribution in [3.8, 4) is 17.5 Å². The minimum Gasteiger partial charge on any atom is -0.485 e. The van der Waals surface area contributed by atoms with Crippen LogP contribution >= 0.6 is 11.8 Å². The zero-order chi connectivity index (χ0) is 24.7. The van der Waals surface area contributed by atoms with E-state index >= 15 is 0 Å². The second-order valence-corrected chi connectivity index (χ2v) is 9.97. The van der Waals surface area contributed by atoms with Crippen LogP contribution in [0, 0.1) is 25.2 Å². The quantitative estimate of drug-likeness (QED) is 0.341. The third kappa shape index (κ3) is 6.04. The summed E-state index contributed by atoms with van der Waals surface area (Å²) in [6.07, 6.45) is 5.57. The number of nitriles is 1. The fourth-order valence-corrected chi connectivity index (χ4v) is 5.29. The smallest absolute Gasteiger partial charge is 0.231 e. The molecule has 1 N–H and O–H groups in total. The van der Waals surface area contributed by atoms with E-state index in [1.54, 1.807) is 0 Å². The first kappa shape index (κ1) is 24.8. The maximum Gasteiger partial charge on any atom is 0.231 e. The van der Waals surface area contributed by atoms with E-state index in [2.05, 4.69) is 21.6 Å². The maximum atomic E-state index is 12.8. The third-order valence-electron chi connectivity index (χ3n) is 6.35. The van der Waals surface area contributed by atoms with Crippen molar-refractivity contribution in [2.24, 2.45) is 0 Å². The van der Waals surface area contributed by atoms with E-state index < -0.39 is 5.54 Å². The molecule has 0 aliphatic heterocycles. The number of aromatic nitrogens is 3. The van der Waals surface area contributed by atoms with E-state index in [1.165, 1.54) is 11.8 Å². The Labute approximate surface area is 210 Å². The van der Waals surface area contributed by atoms with E-state index in [4.69, 9.17) is 4.74 Å². The van der Waals surface area contributed by atoms with E-state index in [0.29, 0.717) is 23.8 Å². The molecule has 0 atom stereocenters. The Kier molecular flexibility index (Phi) is 8.09. The lowest BCUT2D eigenvalue weighted by Crippen LogP contribution is -2.47. The molecule has 1 aliphatic carbocycles. The molecule has 1 aliphatic rings. The summed E-state index contributed by atoms with van der Waals surface area (Å²) in [7, 11) is 0. The van der Waals surface area contributed by atoms with Crippen molar-refractivity contribution in [1.82, 2.24) is 20.1 Å². The predicted octanol–water partition coefficient (Wildman–Crippen LogP) is 5.29. The first-order valence-corrected chi connectivity index (χ1v) is 13.0. The van der Waals surface area contributed by atoms with Gasteiger partial charge in [0, 0.05) is 5.69 Å². The van der Waals surface area contributed by atoms with Crippen LogP contribution < -0.4 is 10.1 Å². The Bertz CT molecular complexity index is 1170. The van der Waals surface area contributed by atoms with Crippen molar-refractivity contribution in [1.29, 1.82) is 5.26 Å². The van der Waals surface area contributed by atoms with Gasteiger partial charge < -0.3 is 10.1 Å². The molecular formula is C27H31N5O2S. The number of nitrogens with one attached hydrogen (secondary N) is 1. The Morgan fingerprint density at radius 1 is 1.06 bits per heavy atom. The highest BCUT2D eigenvalue weighted by Gasteiger charge is 2.32. The maximum absolute atomic E-state index is 12.8. The summed E-state index contributed by atoms with van der Waals surface area (Å²) in [4.78, 5) is 12.8. The van der Waals surface area contributed by atoms with Gasteiger partial charge in [0.2, 0.25) is 5.91 Å². The Morgan fingerprint density at radius 3 is 2.40 bits per heavy atom. The molecule has 1 saturated carbocycles. The number of para-hydroxylation sites is 2. The minimum atomic E-state index is -0.758. The predicted molar refractivity (Wildman–Crippen MR) is 137 cm³/mol. The first-order valence-electron chi connectivity index (χ1n) is 12.1. The number of carbonyl (C=O) groups excluding carboxylic acids is 1. The SMILES string of the molecule is Cc1cccc(C)c1OCc1nnc(SCC(=O)NC2(C#N)CCCCCC2)n1-c1ccccc1. The molecule has 1 fully saturated rings. The molecule has 1 amide bonds. The monoisotopic (exact) mass is 489 g/mol. The number of aryl methyl sites for hydroxylation is 2. The molecule has 1 heterocycles. The van der Waals surface area contributed by atoms with Crippen molar-refractivity contribution in [2.75, 3.05) is 5.75 Å². The van der Waals surface area contributed by atoms with Gasteiger partial charge in [0.05, 0.1) is 11.8 Å². The summed E-state index contributed by atoms with van der Waals surface area (Å²) in [6, 6.07) is 18.2. The normalized spacial score (nSPS) is 15.1. The van der Waals surface area contributed by atoms with Crippen LogP contribution in [0.5, 0.6) is 5.75 Å². The standard InChI is InChI=1S/C27H31N5O2S/c1-20-11-10-12-21(2)25(20)34-17-23-30-31-26(32(23)22-13-6-5-7-14-22)35-18-24(33)29-27(19-28)15-8-3-4-9-16-27/h5-7,10-14H,3-4,8-9,15-18H2,1-2H3,(H,29,33).